The number of nitrogens with one attached hydrogen (secondary N) is 1. The smallest absolute Gasteiger partial charge is 0.245 e. The molecule has 0 unspecified atom stereocenters. The second-order valence-corrected chi connectivity index (χ2v) is 6.16. The fraction of sp³-hybridized carbons (Fsp3) is 0.688. The quantitative estimate of drug-likeness (QED) is 0.877. The normalized spacial score (nSPS) is 15.5. The molecule has 0 aromatic carbocycles. The van der Waals surface area contributed by atoms with Crippen LogP contribution in [0, 0.1) is 12.8 Å². The molecule has 1 fully saturated rings. The van der Waals surface area contributed by atoms with Crippen LogP contribution in [-0.2, 0) is 9.59 Å². The van der Waals surface area contributed by atoms with Gasteiger partial charge in [-0.2, -0.15) is 0 Å². The van der Waals surface area contributed by atoms with Crippen molar-refractivity contribution in [1.82, 2.24) is 10.1 Å². The molecular formula is C16H25N3O3. The third-order valence-corrected chi connectivity index (χ3v) is 4.19. The lowest BCUT2D eigenvalue weighted by molar-refractivity contribution is -0.133. The molecule has 6 heteroatoms. The molecule has 0 aliphatic heterocycles. The number of carbonyl (C=O) groups excluding carboxylic acids is 2. The molecule has 0 saturated heterocycles. The van der Waals surface area contributed by atoms with Gasteiger partial charge in [-0.1, -0.05) is 37.3 Å². The predicted molar refractivity (Wildman–Crippen MR) is 83.3 cm³/mol. The topological polar surface area (TPSA) is 75.4 Å². The molecular weight excluding hydrogens is 282 g/mol. The van der Waals surface area contributed by atoms with E-state index in [-0.39, 0.29) is 18.4 Å². The van der Waals surface area contributed by atoms with Gasteiger partial charge >= 0.3 is 0 Å². The summed E-state index contributed by atoms with van der Waals surface area (Å²) in [5.74, 6) is 1.45. The highest BCUT2D eigenvalue weighted by molar-refractivity contribution is 5.93. The Bertz CT molecular complexity index is 506. The zero-order valence-corrected chi connectivity index (χ0v) is 13.4. The average Bonchev–Trinajstić information content (AvgIpc) is 2.90. The maximum absolute atomic E-state index is 12.1. The van der Waals surface area contributed by atoms with E-state index in [0.717, 1.165) is 6.42 Å². The summed E-state index contributed by atoms with van der Waals surface area (Å²) in [7, 11) is 1.66. The molecule has 0 atom stereocenters. The minimum Gasteiger partial charge on any atom is -0.360 e. The average molecular weight is 307 g/mol. The van der Waals surface area contributed by atoms with E-state index in [1.54, 1.807) is 20.0 Å². The van der Waals surface area contributed by atoms with E-state index < -0.39 is 0 Å². The first-order valence-electron chi connectivity index (χ1n) is 8.01. The molecule has 122 valence electrons. The predicted octanol–water partition coefficient (Wildman–Crippen LogP) is 2.74. The molecule has 22 heavy (non-hydrogen) atoms. The van der Waals surface area contributed by atoms with E-state index in [1.165, 1.54) is 37.0 Å². The van der Waals surface area contributed by atoms with Crippen molar-refractivity contribution >= 4 is 17.6 Å². The Hall–Kier alpha value is -1.85. The lowest BCUT2D eigenvalue weighted by Gasteiger charge is -2.22. The van der Waals surface area contributed by atoms with Crippen molar-refractivity contribution in [3.8, 4) is 0 Å². The highest BCUT2D eigenvalue weighted by Gasteiger charge is 2.18. The summed E-state index contributed by atoms with van der Waals surface area (Å²) in [6.07, 6.45) is 7.84. The van der Waals surface area contributed by atoms with E-state index in [9.17, 15) is 9.59 Å². The molecule has 2 amide bonds. The molecule has 1 saturated carbocycles. The van der Waals surface area contributed by atoms with Crippen molar-refractivity contribution in [1.29, 1.82) is 0 Å². The van der Waals surface area contributed by atoms with Gasteiger partial charge in [-0.3, -0.25) is 9.59 Å². The van der Waals surface area contributed by atoms with Gasteiger partial charge in [-0.05, 0) is 19.3 Å². The van der Waals surface area contributed by atoms with Crippen LogP contribution in [0.25, 0.3) is 0 Å². The molecule has 0 bridgehead atoms. The van der Waals surface area contributed by atoms with Gasteiger partial charge < -0.3 is 14.7 Å². The van der Waals surface area contributed by atoms with Crippen LogP contribution in [0.2, 0.25) is 0 Å². The first-order valence-corrected chi connectivity index (χ1v) is 8.01. The number of hydrogen-bond donors (Lipinski definition) is 1. The zero-order valence-electron chi connectivity index (χ0n) is 13.4. The van der Waals surface area contributed by atoms with Crippen LogP contribution in [0.4, 0.5) is 5.82 Å². The Labute approximate surface area is 131 Å². The van der Waals surface area contributed by atoms with Crippen LogP contribution in [0.3, 0.4) is 0 Å². The van der Waals surface area contributed by atoms with Crippen molar-refractivity contribution in [3.63, 3.8) is 0 Å². The number of nitrogens with zero attached hydrogens (tertiary/aromatic N) is 2. The molecule has 1 heterocycles. The van der Waals surface area contributed by atoms with Crippen LogP contribution in [0.15, 0.2) is 10.6 Å². The van der Waals surface area contributed by atoms with Gasteiger partial charge in [-0.15, -0.1) is 0 Å². The van der Waals surface area contributed by atoms with Crippen molar-refractivity contribution in [2.45, 2.75) is 51.9 Å². The van der Waals surface area contributed by atoms with Gasteiger partial charge in [-0.25, -0.2) is 0 Å². The number of hydrogen-bond acceptors (Lipinski definition) is 4. The Morgan fingerprint density at radius 2 is 2.09 bits per heavy atom. The maximum atomic E-state index is 12.1. The van der Waals surface area contributed by atoms with Gasteiger partial charge in [0, 0.05) is 19.5 Å². The molecule has 1 aromatic rings. The molecule has 1 aromatic heterocycles. The second kappa shape index (κ2) is 7.96. The Morgan fingerprint density at radius 1 is 1.36 bits per heavy atom. The fourth-order valence-corrected chi connectivity index (χ4v) is 2.91. The van der Waals surface area contributed by atoms with Crippen molar-refractivity contribution in [2.24, 2.45) is 5.92 Å². The summed E-state index contributed by atoms with van der Waals surface area (Å²) in [6, 6.07) is 1.64. The second-order valence-electron chi connectivity index (χ2n) is 6.16. The fourth-order valence-electron chi connectivity index (χ4n) is 2.91. The number of anilines is 1. The Balaban J connectivity index is 1.69. The number of aromatic nitrogens is 1. The summed E-state index contributed by atoms with van der Waals surface area (Å²) in [5.41, 5.74) is 0. The Morgan fingerprint density at radius 3 is 2.73 bits per heavy atom. The van der Waals surface area contributed by atoms with Crippen molar-refractivity contribution in [2.75, 3.05) is 18.9 Å². The van der Waals surface area contributed by atoms with Gasteiger partial charge in [0.25, 0.3) is 0 Å². The summed E-state index contributed by atoms with van der Waals surface area (Å²) < 4.78 is 4.88. The van der Waals surface area contributed by atoms with Crippen LogP contribution >= 0.6 is 0 Å². The standard InChI is InChI=1S/C16H25N3O3/c1-12-10-14(18-22-12)17-15(20)11-19(2)16(21)9-8-13-6-4-3-5-7-13/h10,13H,3-9,11H2,1-2H3,(H,17,18,20). The zero-order chi connectivity index (χ0) is 15.9. The van der Waals surface area contributed by atoms with Crippen molar-refractivity contribution in [3.05, 3.63) is 11.8 Å². The number of likely N-dealkylation sites (N-methyl/N-ethyl adjacent to an activating group) is 1. The third-order valence-electron chi connectivity index (χ3n) is 4.19. The number of carbonyl (C=O) groups is 2. The number of amides is 2. The molecule has 1 aliphatic rings. The molecule has 0 radical (unpaired) electrons. The SMILES string of the molecule is Cc1cc(NC(=O)CN(C)C(=O)CCC2CCCCC2)no1. The highest BCUT2D eigenvalue weighted by atomic mass is 16.5. The summed E-state index contributed by atoms with van der Waals surface area (Å²) in [5, 5.41) is 6.31. The monoisotopic (exact) mass is 307 g/mol. The van der Waals surface area contributed by atoms with Gasteiger partial charge in [0.2, 0.25) is 11.8 Å². The van der Waals surface area contributed by atoms with E-state index in [4.69, 9.17) is 4.52 Å². The minimum absolute atomic E-state index is 0.0251. The summed E-state index contributed by atoms with van der Waals surface area (Å²) in [4.78, 5) is 25.4. The number of rotatable bonds is 6. The summed E-state index contributed by atoms with van der Waals surface area (Å²) in [6.45, 7) is 1.79. The number of aryl methyl sites for hydroxylation is 1. The molecule has 0 spiro atoms. The van der Waals surface area contributed by atoms with E-state index >= 15 is 0 Å². The molecule has 1 aliphatic carbocycles. The minimum atomic E-state index is -0.262. The van der Waals surface area contributed by atoms with Crippen molar-refractivity contribution < 1.29 is 14.1 Å². The van der Waals surface area contributed by atoms with Crippen LogP contribution < -0.4 is 5.32 Å². The Kier molecular flexibility index (Phi) is 5.98. The van der Waals surface area contributed by atoms with Gasteiger partial charge in [0.15, 0.2) is 5.82 Å². The van der Waals surface area contributed by atoms with E-state index in [0.29, 0.717) is 23.9 Å². The first kappa shape index (κ1) is 16.5. The lowest BCUT2D eigenvalue weighted by Crippen LogP contribution is -2.35. The molecule has 2 rings (SSSR count). The van der Waals surface area contributed by atoms with Crippen LogP contribution in [-0.4, -0.2) is 35.5 Å². The first-order chi connectivity index (χ1) is 10.5. The molecule has 6 nitrogen and oxygen atoms in total. The van der Waals surface area contributed by atoms with Gasteiger partial charge in [0.1, 0.15) is 5.76 Å². The summed E-state index contributed by atoms with van der Waals surface area (Å²) >= 11 is 0. The van der Waals surface area contributed by atoms with Crippen LogP contribution in [0.1, 0.15) is 50.7 Å². The van der Waals surface area contributed by atoms with Crippen LogP contribution in [0.5, 0.6) is 0 Å². The lowest BCUT2D eigenvalue weighted by atomic mass is 9.86. The molecule has 1 N–H and O–H groups in total. The van der Waals surface area contributed by atoms with E-state index in [1.807, 2.05) is 0 Å². The van der Waals surface area contributed by atoms with Gasteiger partial charge in [0.05, 0.1) is 6.54 Å². The largest absolute Gasteiger partial charge is 0.360 e. The third kappa shape index (κ3) is 5.16. The highest BCUT2D eigenvalue weighted by Crippen LogP contribution is 2.27. The maximum Gasteiger partial charge on any atom is 0.245 e. The van der Waals surface area contributed by atoms with E-state index in [2.05, 4.69) is 10.5 Å².